The van der Waals surface area contributed by atoms with Crippen molar-refractivity contribution in [1.82, 2.24) is 28.6 Å². The molecule has 2 atom stereocenters. The van der Waals surface area contributed by atoms with Gasteiger partial charge in [-0.15, -0.1) is 12.4 Å². The first-order chi connectivity index (χ1) is 23.8. The third-order valence-corrected chi connectivity index (χ3v) is 10.6. The SMILES string of the molecule is CC(=O)C(=O)N1CCC(N2CCN(C(=O)O)C(c3ccc4c(c3)OC(C)(C)C3=CCn5c(=O)n(-c6ccc(C(C)=O)cc6)c(=O)n5C34)C2)CC1.Cl. The summed E-state index contributed by atoms with van der Waals surface area (Å²) in [5.74, 6) is -0.565. The minimum absolute atomic E-state index is 0. The van der Waals surface area contributed by atoms with E-state index in [1.165, 1.54) is 28.1 Å². The number of ketones is 2. The van der Waals surface area contributed by atoms with E-state index in [9.17, 15) is 33.9 Å². The molecule has 2 unspecified atom stereocenters. The Labute approximate surface area is 299 Å². The maximum Gasteiger partial charge on any atom is 0.407 e. The zero-order valence-corrected chi connectivity index (χ0v) is 29.7. The van der Waals surface area contributed by atoms with Gasteiger partial charge in [-0.2, -0.15) is 0 Å². The van der Waals surface area contributed by atoms with Crippen molar-refractivity contribution >= 4 is 36.0 Å². The van der Waals surface area contributed by atoms with E-state index in [2.05, 4.69) is 4.90 Å². The summed E-state index contributed by atoms with van der Waals surface area (Å²) in [6, 6.07) is 10.9. The van der Waals surface area contributed by atoms with E-state index in [0.29, 0.717) is 68.1 Å². The highest BCUT2D eigenvalue weighted by Crippen LogP contribution is 2.47. The molecular formula is C36H41ClN6O8. The van der Waals surface area contributed by atoms with Crippen LogP contribution in [0.25, 0.3) is 5.69 Å². The van der Waals surface area contributed by atoms with E-state index >= 15 is 0 Å². The van der Waals surface area contributed by atoms with Crippen LogP contribution in [0.1, 0.15) is 74.1 Å². The number of Topliss-reactive ketones (excluding diaryl/α,β-unsaturated/α-hetero) is 2. The lowest BCUT2D eigenvalue weighted by Gasteiger charge is -2.46. The molecule has 51 heavy (non-hydrogen) atoms. The van der Waals surface area contributed by atoms with Crippen molar-refractivity contribution in [3.63, 3.8) is 0 Å². The van der Waals surface area contributed by atoms with Crippen LogP contribution < -0.4 is 16.1 Å². The molecule has 0 spiro atoms. The number of hydrogen-bond acceptors (Lipinski definition) is 8. The molecule has 3 aromatic rings. The second kappa shape index (κ2) is 13.3. The smallest absolute Gasteiger partial charge is 0.407 e. The molecule has 0 bridgehead atoms. The Balaban J connectivity index is 0.00000448. The van der Waals surface area contributed by atoms with Gasteiger partial charge in [-0.1, -0.05) is 18.2 Å². The Morgan fingerprint density at radius 1 is 0.902 bits per heavy atom. The van der Waals surface area contributed by atoms with Crippen LogP contribution in [0, 0.1) is 0 Å². The van der Waals surface area contributed by atoms with E-state index in [-0.39, 0.29) is 30.8 Å². The molecule has 0 radical (unpaired) electrons. The van der Waals surface area contributed by atoms with Crippen LogP contribution in [0.2, 0.25) is 0 Å². The topological polar surface area (TPSA) is 156 Å². The fourth-order valence-corrected chi connectivity index (χ4v) is 7.99. The van der Waals surface area contributed by atoms with Crippen molar-refractivity contribution in [2.45, 2.75) is 70.8 Å². The van der Waals surface area contributed by atoms with Crippen LogP contribution in [0.5, 0.6) is 5.75 Å². The minimum atomic E-state index is -1.03. The average Bonchev–Trinajstić information content (AvgIpc) is 3.36. The van der Waals surface area contributed by atoms with Crippen LogP contribution in [-0.4, -0.2) is 102 Å². The largest absolute Gasteiger partial charge is 0.483 e. The number of carbonyl (C=O) groups excluding carboxylic acids is 3. The zero-order valence-electron chi connectivity index (χ0n) is 28.9. The number of piperidine rings is 1. The number of amides is 2. The maximum atomic E-state index is 14.1. The second-order valence-electron chi connectivity index (χ2n) is 14.0. The minimum Gasteiger partial charge on any atom is -0.483 e. The second-order valence-corrected chi connectivity index (χ2v) is 14.0. The number of likely N-dealkylation sites (tertiary alicyclic amines) is 1. The summed E-state index contributed by atoms with van der Waals surface area (Å²) < 4.78 is 10.6. The van der Waals surface area contributed by atoms with Gasteiger partial charge in [-0.25, -0.2) is 28.3 Å². The molecule has 1 aromatic heterocycles. The first kappa shape index (κ1) is 35.9. The van der Waals surface area contributed by atoms with E-state index in [0.717, 1.165) is 15.7 Å². The van der Waals surface area contributed by atoms with Crippen LogP contribution in [0.4, 0.5) is 4.79 Å². The third-order valence-electron chi connectivity index (χ3n) is 10.6. The fourth-order valence-electron chi connectivity index (χ4n) is 7.99. The van der Waals surface area contributed by atoms with Gasteiger partial charge in [0, 0.05) is 56.8 Å². The molecular weight excluding hydrogens is 680 g/mol. The normalized spacial score (nSPS) is 21.3. The zero-order chi connectivity index (χ0) is 35.6. The van der Waals surface area contributed by atoms with Crippen molar-refractivity contribution in [2.75, 3.05) is 32.7 Å². The highest BCUT2D eigenvalue weighted by Gasteiger charge is 2.45. The summed E-state index contributed by atoms with van der Waals surface area (Å²) in [5, 5.41) is 10.2. The summed E-state index contributed by atoms with van der Waals surface area (Å²) >= 11 is 0. The molecule has 0 saturated carbocycles. The molecule has 4 aliphatic heterocycles. The maximum absolute atomic E-state index is 14.1. The molecule has 1 N–H and O–H groups in total. The van der Waals surface area contributed by atoms with E-state index < -0.39 is 46.8 Å². The quantitative estimate of drug-likeness (QED) is 0.238. The number of benzene rings is 2. The predicted molar refractivity (Wildman–Crippen MR) is 188 cm³/mol. The molecule has 4 aliphatic rings. The van der Waals surface area contributed by atoms with Crippen LogP contribution in [0.3, 0.4) is 0 Å². The monoisotopic (exact) mass is 720 g/mol. The molecule has 2 fully saturated rings. The number of carbonyl (C=O) groups is 4. The lowest BCUT2D eigenvalue weighted by molar-refractivity contribution is -0.144. The number of allylic oxidation sites excluding steroid dienone is 1. The van der Waals surface area contributed by atoms with Gasteiger partial charge in [-0.3, -0.25) is 24.2 Å². The van der Waals surface area contributed by atoms with Gasteiger partial charge >= 0.3 is 17.5 Å². The molecule has 2 saturated heterocycles. The third kappa shape index (κ3) is 6.09. The van der Waals surface area contributed by atoms with Crippen LogP contribution in [0.15, 0.2) is 63.7 Å². The van der Waals surface area contributed by atoms with E-state index in [1.807, 2.05) is 38.1 Å². The molecule has 2 aromatic carbocycles. The first-order valence-electron chi connectivity index (χ1n) is 16.9. The van der Waals surface area contributed by atoms with Gasteiger partial charge in [-0.05, 0) is 75.1 Å². The number of nitrogens with zero attached hydrogens (tertiary/aromatic N) is 6. The van der Waals surface area contributed by atoms with Crippen molar-refractivity contribution in [3.05, 3.63) is 91.8 Å². The Hall–Kier alpha value is -4.95. The van der Waals surface area contributed by atoms with Crippen molar-refractivity contribution in [1.29, 1.82) is 0 Å². The number of fused-ring (bicyclic) bond motifs is 5. The number of halogens is 1. The lowest BCUT2D eigenvalue weighted by Crippen LogP contribution is -2.56. The lowest BCUT2D eigenvalue weighted by atomic mass is 9.82. The van der Waals surface area contributed by atoms with Gasteiger partial charge in [0.1, 0.15) is 17.4 Å². The van der Waals surface area contributed by atoms with E-state index in [1.54, 1.807) is 29.2 Å². The van der Waals surface area contributed by atoms with Gasteiger partial charge < -0.3 is 14.7 Å². The van der Waals surface area contributed by atoms with Crippen molar-refractivity contribution < 1.29 is 29.0 Å². The molecule has 2 amide bonds. The van der Waals surface area contributed by atoms with Crippen LogP contribution in [-0.2, 0) is 16.1 Å². The van der Waals surface area contributed by atoms with Crippen molar-refractivity contribution in [3.8, 4) is 11.4 Å². The summed E-state index contributed by atoms with van der Waals surface area (Å²) in [6.45, 7) is 8.96. The Morgan fingerprint density at radius 2 is 1.59 bits per heavy atom. The number of rotatable bonds is 5. The summed E-state index contributed by atoms with van der Waals surface area (Å²) in [6.07, 6.45) is 2.27. The summed E-state index contributed by atoms with van der Waals surface area (Å²) in [7, 11) is 0. The Morgan fingerprint density at radius 3 is 2.22 bits per heavy atom. The highest BCUT2D eigenvalue weighted by atomic mass is 35.5. The van der Waals surface area contributed by atoms with Gasteiger partial charge in [0.25, 0.3) is 5.91 Å². The number of aromatic nitrogens is 3. The highest BCUT2D eigenvalue weighted by molar-refractivity contribution is 6.35. The number of ether oxygens (including phenoxy) is 1. The number of carboxylic acid groups (broad SMARTS) is 1. The standard InChI is InChI=1S/C36H40N6O8.ClH/c1-21(43)23-5-8-26(9-6-23)41-33(46)40-16-13-28-31(42(40)34(41)47)27-10-7-24(19-30(27)50-36(28,3)4)29-20-38(17-18-39(29)35(48)49)25-11-14-37(15-12-25)32(45)22(2)44;/h5-10,13,19,25,29,31H,11-12,14-18,20H2,1-4H3,(H,48,49);1H. The summed E-state index contributed by atoms with van der Waals surface area (Å²) in [5.41, 5.74) is 1.20. The average molecular weight is 721 g/mol. The molecule has 5 heterocycles. The first-order valence-corrected chi connectivity index (χ1v) is 16.9. The molecule has 0 aliphatic carbocycles. The molecule has 7 rings (SSSR count). The fraction of sp³-hybridized carbons (Fsp3) is 0.444. The molecule has 15 heteroatoms. The van der Waals surface area contributed by atoms with Crippen LogP contribution >= 0.6 is 12.4 Å². The van der Waals surface area contributed by atoms with Gasteiger partial charge in [0.2, 0.25) is 5.78 Å². The van der Waals surface area contributed by atoms with Crippen molar-refractivity contribution in [2.24, 2.45) is 0 Å². The molecule has 14 nitrogen and oxygen atoms in total. The van der Waals surface area contributed by atoms with Gasteiger partial charge in [0.05, 0.1) is 18.3 Å². The summed E-state index contributed by atoms with van der Waals surface area (Å²) in [4.78, 5) is 81.2. The predicted octanol–water partition coefficient (Wildman–Crippen LogP) is 3.04. The Bertz CT molecular complexity index is 2070. The number of hydrogen-bond donors (Lipinski definition) is 1. The Kier molecular flexibility index (Phi) is 9.36. The molecule has 270 valence electrons. The number of piperazine rings is 1. The van der Waals surface area contributed by atoms with E-state index in [4.69, 9.17) is 4.74 Å². The van der Waals surface area contributed by atoms with Gasteiger partial charge in [0.15, 0.2) is 5.78 Å².